The average molecular weight is 1140 g/mol. The number of H-pyrrole nitrogens is 1. The number of carboxylic acid groups (broad SMARTS) is 1. The molecule has 78 heavy (non-hydrogen) atoms. The van der Waals surface area contributed by atoms with Crippen LogP contribution in [0.3, 0.4) is 0 Å². The standard InChI is InChI=1S/C47H52N9O19P3/c1-53-22-56(41-36(53)43(59)52-46(48)51-41)44-37(57)40(32(71-44)21-70-77(66,67)75-78(68,69)74-76(63,64)65)73-47(62)50-13-12-49-42(58)25-10-11-26(45(60)61)29(20-25)33-30-18-23-6-2-14-54-16-4-8-27(34(23)54)38(30)72-39-28-9-5-17-55-15-3-7-24(35(28)55)19-31(33)39/h10-11,18-20,22,32,37,40,44,57H,2-9,12-17,21H2,1H3,(H8-2,48,49,50,51,52,58,59,60,61,62,63,64,65,66,67,68,69)/p+2/t32-,37-,40-,44-/m1/s1. The zero-order valence-electron chi connectivity index (χ0n) is 41.5. The maximum Gasteiger partial charge on any atom is 0.490 e. The topological polar surface area (TPSA) is 390 Å². The number of fused-ring (bicyclic) bond motifs is 5. The number of imidazole rings is 1. The van der Waals surface area contributed by atoms with E-state index in [0.717, 1.165) is 104 Å². The van der Waals surface area contributed by atoms with Gasteiger partial charge in [-0.05, 0) is 80.0 Å². The Bertz CT molecular complexity index is 3730. The zero-order chi connectivity index (χ0) is 55.2. The lowest BCUT2D eigenvalue weighted by molar-refractivity contribution is -0.745. The third-order valence-corrected chi connectivity index (χ3v) is 18.4. The number of nitrogens with two attached hydrogens (primary N) is 1. The molecule has 414 valence electrons. The number of nitrogens with one attached hydrogen (secondary N) is 3. The third kappa shape index (κ3) is 10.2. The fraction of sp³-hybridized carbons (Fsp3) is 0.426. The van der Waals surface area contributed by atoms with Crippen LogP contribution in [0, 0.1) is 0 Å². The van der Waals surface area contributed by atoms with Crippen molar-refractivity contribution >= 4 is 69.8 Å². The van der Waals surface area contributed by atoms with Gasteiger partial charge < -0.3 is 65.3 Å². The fourth-order valence-corrected chi connectivity index (χ4v) is 14.7. The molecule has 6 aliphatic heterocycles. The number of rotatable bonds is 15. The largest absolute Gasteiger partial charge is 0.490 e. The first-order chi connectivity index (χ1) is 37.0. The lowest BCUT2D eigenvalue weighted by Gasteiger charge is -2.39. The minimum absolute atomic E-state index is 0.0145. The number of ether oxygens (including phenoxy) is 3. The van der Waals surface area contributed by atoms with Crippen molar-refractivity contribution in [1.82, 2.24) is 29.7 Å². The number of phosphoric acid groups is 3. The fourth-order valence-electron chi connectivity index (χ4n) is 11.6. The quantitative estimate of drug-likeness (QED) is 0.0378. The predicted octanol–water partition coefficient (Wildman–Crippen LogP) is 0.391. The zero-order valence-corrected chi connectivity index (χ0v) is 44.2. The van der Waals surface area contributed by atoms with Crippen molar-refractivity contribution in [2.24, 2.45) is 7.05 Å². The summed E-state index contributed by atoms with van der Waals surface area (Å²) in [6.45, 7) is 2.08. The van der Waals surface area contributed by atoms with E-state index in [1.807, 2.05) is 0 Å². The number of benzene rings is 3. The Kier molecular flexibility index (Phi) is 14.0. The van der Waals surface area contributed by atoms with Crippen LogP contribution in [-0.4, -0.2) is 126 Å². The second-order valence-electron chi connectivity index (χ2n) is 19.7. The average Bonchev–Trinajstić information content (AvgIpc) is 3.91. The molecule has 1 saturated heterocycles. The number of hydrogen-bond donors (Lipinski definition) is 10. The molecule has 5 aromatic rings. The van der Waals surface area contributed by atoms with Crippen molar-refractivity contribution in [3.05, 3.63) is 102 Å². The van der Waals surface area contributed by atoms with Crippen LogP contribution < -0.4 is 51.3 Å². The molecule has 0 saturated carbocycles. The van der Waals surface area contributed by atoms with Crippen LogP contribution in [0.4, 0.5) is 16.4 Å². The highest BCUT2D eigenvalue weighted by Crippen LogP contribution is 2.66. The van der Waals surface area contributed by atoms with E-state index in [0.29, 0.717) is 22.6 Å². The van der Waals surface area contributed by atoms with Crippen molar-refractivity contribution in [1.29, 1.82) is 0 Å². The third-order valence-electron chi connectivity index (χ3n) is 14.6. The van der Waals surface area contributed by atoms with Gasteiger partial charge in [-0.2, -0.15) is 8.62 Å². The van der Waals surface area contributed by atoms with Crippen molar-refractivity contribution in [2.45, 2.75) is 75.9 Å². The molecule has 0 spiro atoms. The molecule has 11 N–H and O–H groups in total. The van der Waals surface area contributed by atoms with Gasteiger partial charge >= 0.3 is 41.2 Å². The number of aromatic amines is 1. The van der Waals surface area contributed by atoms with Crippen LogP contribution >= 0.6 is 23.5 Å². The Morgan fingerprint density at radius 1 is 0.897 bits per heavy atom. The monoisotopic (exact) mass is 1140 g/mol. The number of aliphatic hydroxyl groups excluding tert-OH is 1. The van der Waals surface area contributed by atoms with E-state index in [1.54, 1.807) is 6.07 Å². The van der Waals surface area contributed by atoms with Gasteiger partial charge in [0.1, 0.15) is 30.7 Å². The minimum atomic E-state index is -5.94. The Morgan fingerprint density at radius 3 is 2.37 bits per heavy atom. The molecule has 6 atom stereocenters. The van der Waals surface area contributed by atoms with Gasteiger partial charge in [-0.15, -0.1) is 0 Å². The first-order valence-electron chi connectivity index (χ1n) is 25.0. The van der Waals surface area contributed by atoms with E-state index in [-0.39, 0.29) is 41.3 Å². The van der Waals surface area contributed by atoms with E-state index >= 15 is 0 Å². The molecule has 31 heteroatoms. The lowest BCUT2D eigenvalue weighted by atomic mass is 9.81. The van der Waals surface area contributed by atoms with Crippen molar-refractivity contribution in [3.8, 4) is 11.5 Å². The van der Waals surface area contributed by atoms with E-state index in [1.165, 1.54) is 52.2 Å². The number of hydrogen-bond acceptors (Lipinski definition) is 17. The second-order valence-corrected chi connectivity index (χ2v) is 24.1. The highest BCUT2D eigenvalue weighted by molar-refractivity contribution is 7.66. The number of aromatic carboxylic acids is 1. The smallest absolute Gasteiger partial charge is 0.478 e. The molecule has 0 bridgehead atoms. The number of aryl methyl sites for hydroxylation is 3. The molecule has 1 fully saturated rings. The van der Waals surface area contributed by atoms with Crippen LogP contribution in [-0.2, 0) is 69.0 Å². The molecule has 2 aromatic heterocycles. The summed E-state index contributed by atoms with van der Waals surface area (Å²) in [4.78, 5) is 100. The summed E-state index contributed by atoms with van der Waals surface area (Å²) < 4.78 is 71.6. The Labute approximate surface area is 441 Å². The normalized spacial score (nSPS) is 21.8. The summed E-state index contributed by atoms with van der Waals surface area (Å²) in [6, 6.07) is 8.65. The molecule has 3 aromatic carbocycles. The van der Waals surface area contributed by atoms with E-state index in [9.17, 15) is 52.9 Å². The number of aromatic nitrogens is 4. The molecule has 0 aliphatic carbocycles. The van der Waals surface area contributed by atoms with Crippen LogP contribution in [0.1, 0.15) is 86.0 Å². The summed E-state index contributed by atoms with van der Waals surface area (Å²) >= 11 is 0. The molecule has 11 rings (SSSR count). The number of carboxylic acids is 1. The van der Waals surface area contributed by atoms with Crippen LogP contribution in [0.25, 0.3) is 16.7 Å². The van der Waals surface area contributed by atoms with Crippen LogP contribution in [0.2, 0.25) is 0 Å². The van der Waals surface area contributed by atoms with Crippen molar-refractivity contribution in [2.75, 3.05) is 56.5 Å². The molecule has 28 nitrogen and oxygen atoms in total. The number of aliphatic hydroxyl groups is 1. The van der Waals surface area contributed by atoms with Crippen LogP contribution in [0.5, 0.6) is 11.5 Å². The SMILES string of the molecule is Cn1c[n+]([C@@H]2O[C@H](COP(=O)(O)OP(=O)(O)OP(=O)(O)O)[C@@H](OC(=O)NCCNC(=O)c3ccc(C(=O)O)c(C4=c5cc6c7c(c5Oc5c4cc4c8c5CCCN8CCC4)CCC[N+]=7CCC6)c3)[C@H]2O)c2nc(N)[nH]c(=O)c21. The number of alkyl carbamates (subject to hydrolysis) is 1. The first kappa shape index (κ1) is 53.6. The van der Waals surface area contributed by atoms with Gasteiger partial charge in [0.25, 0.3) is 17.4 Å². The van der Waals surface area contributed by atoms with Gasteiger partial charge in [0.05, 0.1) is 24.8 Å². The number of nitrogen functional groups attached to an aromatic ring is 1. The van der Waals surface area contributed by atoms with E-state index < -0.39 is 78.1 Å². The summed E-state index contributed by atoms with van der Waals surface area (Å²) in [7, 11) is -16.0. The minimum Gasteiger partial charge on any atom is -0.478 e. The van der Waals surface area contributed by atoms with Crippen LogP contribution in [0.15, 0.2) is 41.5 Å². The number of nitrogens with zero attached hydrogens (tertiary/aromatic N) is 5. The maximum atomic E-state index is 14.1. The van der Waals surface area contributed by atoms with Gasteiger partial charge in [0.2, 0.25) is 17.1 Å². The molecule has 2 amide bonds. The maximum absolute atomic E-state index is 14.1. The lowest BCUT2D eigenvalue weighted by Crippen LogP contribution is -2.47. The highest BCUT2D eigenvalue weighted by Gasteiger charge is 2.52. The Balaban J connectivity index is 0.847. The number of carbonyl (C=O) groups excluding carboxylic acids is 2. The number of anilines is 2. The molecule has 0 radical (unpaired) electrons. The molecule has 8 heterocycles. The molecular weight excluding hydrogens is 1090 g/mol. The van der Waals surface area contributed by atoms with Gasteiger partial charge in [-0.1, -0.05) is 4.98 Å². The van der Waals surface area contributed by atoms with Crippen molar-refractivity contribution in [3.63, 3.8) is 0 Å². The van der Waals surface area contributed by atoms with E-state index in [4.69, 9.17) is 34.3 Å². The Hall–Kier alpha value is -6.38. The number of phosphoric ester groups is 1. The number of carbonyl (C=O) groups is 3. The van der Waals surface area contributed by atoms with Gasteiger partial charge in [-0.3, -0.25) is 23.7 Å². The van der Waals surface area contributed by atoms with Gasteiger partial charge in [0, 0.05) is 77.8 Å². The summed E-state index contributed by atoms with van der Waals surface area (Å²) in [6.07, 6.45) is 0.106. The second kappa shape index (κ2) is 20.4. The van der Waals surface area contributed by atoms with E-state index in [2.05, 4.69) is 50.8 Å². The summed E-state index contributed by atoms with van der Waals surface area (Å²) in [5.74, 6) is -0.711. The highest BCUT2D eigenvalue weighted by atomic mass is 31.3. The molecule has 6 aliphatic rings. The van der Waals surface area contributed by atoms with Gasteiger partial charge in [-0.25, -0.2) is 32.4 Å². The number of amides is 2. The molecular formula is C47H54N9O19P3+2. The summed E-state index contributed by atoms with van der Waals surface area (Å²) in [5.41, 5.74) is 12.5. The Morgan fingerprint density at radius 2 is 1.62 bits per heavy atom. The van der Waals surface area contributed by atoms with Crippen molar-refractivity contribution < 1.29 is 89.8 Å². The molecule has 2 unspecified atom stereocenters. The van der Waals surface area contributed by atoms with Gasteiger partial charge in [0.15, 0.2) is 18.5 Å². The first-order valence-corrected chi connectivity index (χ1v) is 29.5. The summed E-state index contributed by atoms with van der Waals surface area (Å²) in [5, 5.41) is 29.5. The predicted molar refractivity (Wildman–Crippen MR) is 270 cm³/mol.